The summed E-state index contributed by atoms with van der Waals surface area (Å²) < 4.78 is 6.27. The minimum atomic E-state index is 0.679. The third-order valence-electron chi connectivity index (χ3n) is 2.21. The highest BCUT2D eigenvalue weighted by Crippen LogP contribution is 2.28. The number of aromatic nitrogens is 1. The molecule has 0 bridgehead atoms. The van der Waals surface area contributed by atoms with Gasteiger partial charge in [0.15, 0.2) is 0 Å². The lowest BCUT2D eigenvalue weighted by atomic mass is 10.1. The van der Waals surface area contributed by atoms with Crippen LogP contribution in [0, 0.1) is 6.92 Å². The minimum Gasteiger partial charge on any atom is -0.481 e. The Morgan fingerprint density at radius 1 is 1.29 bits per heavy atom. The first-order chi connectivity index (χ1) is 6.72. The summed E-state index contributed by atoms with van der Waals surface area (Å²) in [6.45, 7) is 2.04. The fourth-order valence-electron chi connectivity index (χ4n) is 1.49. The summed E-state index contributed by atoms with van der Waals surface area (Å²) in [7, 11) is 1.64. The van der Waals surface area contributed by atoms with Gasteiger partial charge in [0, 0.05) is 16.1 Å². The van der Waals surface area contributed by atoms with E-state index in [1.807, 2.05) is 25.3 Å². The molecule has 1 heterocycles. The average Bonchev–Trinajstić information content (AvgIpc) is 2.19. The fraction of sp³-hybridized carbons (Fsp3) is 0.182. The van der Waals surface area contributed by atoms with Gasteiger partial charge in [0.1, 0.15) is 0 Å². The van der Waals surface area contributed by atoms with E-state index in [-0.39, 0.29) is 0 Å². The van der Waals surface area contributed by atoms with Gasteiger partial charge in [-0.05, 0) is 36.1 Å². The van der Waals surface area contributed by atoms with Crippen LogP contribution in [0.5, 0.6) is 5.88 Å². The molecular weight excluding hydrogens is 242 g/mol. The Bertz CT molecular complexity index is 482. The normalized spacial score (nSPS) is 10.5. The number of hydrogen-bond acceptors (Lipinski definition) is 2. The van der Waals surface area contributed by atoms with Crippen LogP contribution in [0.4, 0.5) is 0 Å². The van der Waals surface area contributed by atoms with Crippen LogP contribution in [0.15, 0.2) is 28.9 Å². The quantitative estimate of drug-likeness (QED) is 0.776. The molecule has 72 valence electrons. The van der Waals surface area contributed by atoms with Crippen molar-refractivity contribution in [3.8, 4) is 5.88 Å². The number of ether oxygens (including phenoxy) is 1. The predicted molar refractivity (Wildman–Crippen MR) is 60.7 cm³/mol. The molecule has 2 rings (SSSR count). The summed E-state index contributed by atoms with van der Waals surface area (Å²) in [6.07, 6.45) is 1.83. The summed E-state index contributed by atoms with van der Waals surface area (Å²) in [4.78, 5) is 4.22. The van der Waals surface area contributed by atoms with Crippen molar-refractivity contribution in [2.24, 2.45) is 0 Å². The molecule has 0 radical (unpaired) electrons. The van der Waals surface area contributed by atoms with E-state index in [0.29, 0.717) is 5.88 Å². The van der Waals surface area contributed by atoms with E-state index in [1.54, 1.807) is 7.11 Å². The van der Waals surface area contributed by atoms with E-state index >= 15 is 0 Å². The van der Waals surface area contributed by atoms with E-state index in [9.17, 15) is 0 Å². The van der Waals surface area contributed by atoms with Gasteiger partial charge >= 0.3 is 0 Å². The highest BCUT2D eigenvalue weighted by Gasteiger charge is 2.04. The molecule has 2 nitrogen and oxygen atoms in total. The van der Waals surface area contributed by atoms with Crippen molar-refractivity contribution in [2.45, 2.75) is 6.92 Å². The molecule has 0 N–H and O–H groups in total. The van der Waals surface area contributed by atoms with E-state index in [0.717, 1.165) is 15.4 Å². The van der Waals surface area contributed by atoms with Gasteiger partial charge in [-0.3, -0.25) is 0 Å². The molecule has 14 heavy (non-hydrogen) atoms. The number of nitrogens with zero attached hydrogens (tertiary/aromatic N) is 1. The minimum absolute atomic E-state index is 0.679. The van der Waals surface area contributed by atoms with Crippen LogP contribution in [0.3, 0.4) is 0 Å². The van der Waals surface area contributed by atoms with Crippen molar-refractivity contribution in [1.82, 2.24) is 4.98 Å². The number of rotatable bonds is 1. The molecule has 0 saturated heterocycles. The molecule has 0 aliphatic rings. The SMILES string of the molecule is COc1ncc(C)c2cc(Br)ccc12. The summed E-state index contributed by atoms with van der Waals surface area (Å²) in [6, 6.07) is 6.08. The Hall–Kier alpha value is -1.09. The molecule has 0 aliphatic heterocycles. The maximum atomic E-state index is 5.20. The zero-order valence-electron chi connectivity index (χ0n) is 8.04. The zero-order valence-corrected chi connectivity index (χ0v) is 9.63. The Morgan fingerprint density at radius 3 is 2.79 bits per heavy atom. The van der Waals surface area contributed by atoms with Crippen LogP contribution in [0.2, 0.25) is 0 Å². The summed E-state index contributed by atoms with van der Waals surface area (Å²) in [5, 5.41) is 2.22. The fourth-order valence-corrected chi connectivity index (χ4v) is 1.85. The van der Waals surface area contributed by atoms with Crippen LogP contribution in [-0.2, 0) is 0 Å². The van der Waals surface area contributed by atoms with Crippen LogP contribution >= 0.6 is 15.9 Å². The average molecular weight is 252 g/mol. The van der Waals surface area contributed by atoms with E-state index < -0.39 is 0 Å². The number of fused-ring (bicyclic) bond motifs is 1. The van der Waals surface area contributed by atoms with E-state index in [1.165, 1.54) is 5.39 Å². The van der Waals surface area contributed by atoms with Gasteiger partial charge in [-0.15, -0.1) is 0 Å². The van der Waals surface area contributed by atoms with Crippen LogP contribution in [-0.4, -0.2) is 12.1 Å². The number of benzene rings is 1. The number of pyridine rings is 1. The van der Waals surface area contributed by atoms with Crippen LogP contribution in [0.1, 0.15) is 5.56 Å². The molecule has 1 aromatic carbocycles. The van der Waals surface area contributed by atoms with Gasteiger partial charge in [0.05, 0.1) is 7.11 Å². The lowest BCUT2D eigenvalue weighted by Gasteiger charge is -2.06. The number of hydrogen-bond donors (Lipinski definition) is 0. The highest BCUT2D eigenvalue weighted by atomic mass is 79.9. The molecule has 1 aromatic heterocycles. The van der Waals surface area contributed by atoms with E-state index in [2.05, 4.69) is 27.0 Å². The molecule has 0 amide bonds. The molecular formula is C11H10BrNO. The topological polar surface area (TPSA) is 22.1 Å². The van der Waals surface area contributed by atoms with Crippen molar-refractivity contribution in [3.05, 3.63) is 34.4 Å². The highest BCUT2D eigenvalue weighted by molar-refractivity contribution is 9.10. The first-order valence-electron chi connectivity index (χ1n) is 4.31. The molecule has 2 aromatic rings. The van der Waals surface area contributed by atoms with Gasteiger partial charge in [-0.25, -0.2) is 4.98 Å². The molecule has 0 atom stereocenters. The third kappa shape index (κ3) is 1.48. The van der Waals surface area contributed by atoms with Crippen molar-refractivity contribution < 1.29 is 4.74 Å². The van der Waals surface area contributed by atoms with Gasteiger partial charge in [-0.2, -0.15) is 0 Å². The second-order valence-electron chi connectivity index (χ2n) is 3.14. The Balaban J connectivity index is 2.84. The first-order valence-corrected chi connectivity index (χ1v) is 5.10. The molecule has 0 spiro atoms. The summed E-state index contributed by atoms with van der Waals surface area (Å²) in [5.74, 6) is 0.679. The van der Waals surface area contributed by atoms with Crippen molar-refractivity contribution in [2.75, 3.05) is 7.11 Å². The van der Waals surface area contributed by atoms with Crippen LogP contribution < -0.4 is 4.74 Å². The van der Waals surface area contributed by atoms with Crippen molar-refractivity contribution in [1.29, 1.82) is 0 Å². The lowest BCUT2D eigenvalue weighted by molar-refractivity contribution is 0.403. The van der Waals surface area contributed by atoms with Gasteiger partial charge in [0.2, 0.25) is 5.88 Å². The summed E-state index contributed by atoms with van der Waals surface area (Å²) >= 11 is 3.45. The maximum absolute atomic E-state index is 5.20. The molecule has 0 fully saturated rings. The smallest absolute Gasteiger partial charge is 0.221 e. The number of methoxy groups -OCH3 is 1. The van der Waals surface area contributed by atoms with Gasteiger partial charge in [0.25, 0.3) is 0 Å². The maximum Gasteiger partial charge on any atom is 0.221 e. The summed E-state index contributed by atoms with van der Waals surface area (Å²) in [5.41, 5.74) is 1.15. The second kappa shape index (κ2) is 3.58. The van der Waals surface area contributed by atoms with Crippen molar-refractivity contribution >= 4 is 26.7 Å². The van der Waals surface area contributed by atoms with Gasteiger partial charge < -0.3 is 4.74 Å². The molecule has 0 unspecified atom stereocenters. The monoisotopic (exact) mass is 251 g/mol. The molecule has 0 aliphatic carbocycles. The predicted octanol–water partition coefficient (Wildman–Crippen LogP) is 3.31. The van der Waals surface area contributed by atoms with Crippen LogP contribution in [0.25, 0.3) is 10.8 Å². The zero-order chi connectivity index (χ0) is 10.1. The third-order valence-corrected chi connectivity index (χ3v) is 2.70. The number of aryl methyl sites for hydroxylation is 1. The molecule has 0 saturated carbocycles. The largest absolute Gasteiger partial charge is 0.481 e. The van der Waals surface area contributed by atoms with Crippen molar-refractivity contribution in [3.63, 3.8) is 0 Å². The van der Waals surface area contributed by atoms with E-state index in [4.69, 9.17) is 4.74 Å². The second-order valence-corrected chi connectivity index (χ2v) is 4.06. The Labute approximate surface area is 91.0 Å². The molecule has 3 heteroatoms. The Kier molecular flexibility index (Phi) is 2.42. The lowest BCUT2D eigenvalue weighted by Crippen LogP contribution is -1.90. The van der Waals surface area contributed by atoms with Gasteiger partial charge in [-0.1, -0.05) is 15.9 Å². The number of halogens is 1. The standard InChI is InChI=1S/C11H10BrNO/c1-7-6-13-11(14-2)9-4-3-8(12)5-10(7)9/h3-6H,1-2H3. The Morgan fingerprint density at radius 2 is 2.07 bits per heavy atom. The first kappa shape index (κ1) is 9.46.